The van der Waals surface area contributed by atoms with Crippen LogP contribution in [0.4, 0.5) is 5.69 Å². The van der Waals surface area contributed by atoms with E-state index in [1.165, 1.54) is 11.1 Å². The number of hydrogen-bond acceptors (Lipinski definition) is 4. The van der Waals surface area contributed by atoms with Crippen LogP contribution in [0.5, 0.6) is 0 Å². The van der Waals surface area contributed by atoms with Crippen molar-refractivity contribution in [1.82, 2.24) is 14.5 Å². The van der Waals surface area contributed by atoms with Gasteiger partial charge in [0.15, 0.2) is 0 Å². The summed E-state index contributed by atoms with van der Waals surface area (Å²) in [6, 6.07) is 13.6. The highest BCUT2D eigenvalue weighted by molar-refractivity contribution is 5.78. The topological polar surface area (TPSA) is 64.2 Å². The molecule has 1 aromatic heterocycles. The summed E-state index contributed by atoms with van der Waals surface area (Å²) in [7, 11) is 0. The normalized spacial score (nSPS) is 11.4. The van der Waals surface area contributed by atoms with Gasteiger partial charge in [0.2, 0.25) is 0 Å². The van der Waals surface area contributed by atoms with Gasteiger partial charge in [-0.05, 0) is 36.7 Å². The molecule has 1 heterocycles. The lowest BCUT2D eigenvalue weighted by atomic mass is 10.1. The molecule has 0 amide bonds. The van der Waals surface area contributed by atoms with Gasteiger partial charge in [0.05, 0.1) is 16.0 Å². The average molecular weight is 380 g/mol. The Morgan fingerprint density at radius 1 is 1.04 bits per heavy atom. The van der Waals surface area contributed by atoms with E-state index in [1.807, 2.05) is 6.07 Å². The van der Waals surface area contributed by atoms with E-state index >= 15 is 0 Å². The SMILES string of the molecule is CCc1ccc(Cc2nc3cc([N+](=O)[O-])ccc3n2CCN(CC)CC)cc1. The van der Waals surface area contributed by atoms with Crippen molar-refractivity contribution in [2.24, 2.45) is 0 Å². The molecule has 2 aromatic carbocycles. The van der Waals surface area contributed by atoms with Gasteiger partial charge in [-0.3, -0.25) is 10.1 Å². The van der Waals surface area contributed by atoms with Crippen LogP contribution >= 0.6 is 0 Å². The molecule has 0 N–H and O–H groups in total. The largest absolute Gasteiger partial charge is 0.326 e. The second-order valence-corrected chi connectivity index (χ2v) is 6.98. The maximum atomic E-state index is 11.1. The van der Waals surface area contributed by atoms with E-state index in [0.717, 1.165) is 43.9 Å². The Morgan fingerprint density at radius 3 is 2.32 bits per heavy atom. The third-order valence-electron chi connectivity index (χ3n) is 5.35. The number of rotatable bonds is 9. The van der Waals surface area contributed by atoms with E-state index in [1.54, 1.807) is 12.1 Å². The first-order chi connectivity index (χ1) is 13.5. The van der Waals surface area contributed by atoms with Crippen molar-refractivity contribution in [3.63, 3.8) is 0 Å². The van der Waals surface area contributed by atoms with E-state index < -0.39 is 0 Å². The summed E-state index contributed by atoms with van der Waals surface area (Å²) < 4.78 is 2.21. The molecule has 0 unspecified atom stereocenters. The molecular formula is C22H28N4O2. The van der Waals surface area contributed by atoms with Crippen LogP contribution in [0.3, 0.4) is 0 Å². The highest BCUT2D eigenvalue weighted by Crippen LogP contribution is 2.23. The minimum atomic E-state index is -0.364. The Balaban J connectivity index is 1.97. The van der Waals surface area contributed by atoms with Gasteiger partial charge in [0.1, 0.15) is 5.82 Å². The Bertz CT molecular complexity index is 943. The van der Waals surface area contributed by atoms with Gasteiger partial charge < -0.3 is 9.47 Å². The fraction of sp³-hybridized carbons (Fsp3) is 0.409. The zero-order chi connectivity index (χ0) is 20.1. The van der Waals surface area contributed by atoms with Gasteiger partial charge in [-0.1, -0.05) is 45.0 Å². The number of benzene rings is 2. The van der Waals surface area contributed by atoms with E-state index in [0.29, 0.717) is 11.9 Å². The molecule has 0 fully saturated rings. The van der Waals surface area contributed by atoms with Crippen LogP contribution in [0.25, 0.3) is 11.0 Å². The molecule has 0 saturated carbocycles. The number of hydrogen-bond donors (Lipinski definition) is 0. The molecule has 28 heavy (non-hydrogen) atoms. The quantitative estimate of drug-likeness (QED) is 0.407. The van der Waals surface area contributed by atoms with Gasteiger partial charge in [-0.2, -0.15) is 0 Å². The van der Waals surface area contributed by atoms with Gasteiger partial charge in [0.25, 0.3) is 5.69 Å². The van der Waals surface area contributed by atoms with Crippen molar-refractivity contribution in [2.45, 2.75) is 40.2 Å². The molecule has 0 saturated heterocycles. The van der Waals surface area contributed by atoms with Crippen LogP contribution in [0.1, 0.15) is 37.7 Å². The van der Waals surface area contributed by atoms with Crippen molar-refractivity contribution < 1.29 is 4.92 Å². The van der Waals surface area contributed by atoms with Crippen LogP contribution < -0.4 is 0 Å². The van der Waals surface area contributed by atoms with Crippen molar-refractivity contribution in [2.75, 3.05) is 19.6 Å². The van der Waals surface area contributed by atoms with Crippen LogP contribution in [-0.2, 0) is 19.4 Å². The molecule has 0 aliphatic rings. The Labute approximate surface area is 166 Å². The number of aromatic nitrogens is 2. The molecule has 3 rings (SSSR count). The zero-order valence-corrected chi connectivity index (χ0v) is 16.9. The summed E-state index contributed by atoms with van der Waals surface area (Å²) in [5, 5.41) is 11.1. The zero-order valence-electron chi connectivity index (χ0n) is 16.9. The summed E-state index contributed by atoms with van der Waals surface area (Å²) in [5.74, 6) is 0.951. The molecular weight excluding hydrogens is 352 g/mol. The van der Waals surface area contributed by atoms with Crippen molar-refractivity contribution >= 4 is 16.7 Å². The predicted molar refractivity (Wildman–Crippen MR) is 113 cm³/mol. The summed E-state index contributed by atoms with van der Waals surface area (Å²) >= 11 is 0. The van der Waals surface area contributed by atoms with E-state index in [-0.39, 0.29) is 10.6 Å². The number of fused-ring (bicyclic) bond motifs is 1. The minimum absolute atomic E-state index is 0.0831. The first-order valence-corrected chi connectivity index (χ1v) is 9.99. The molecule has 6 nitrogen and oxygen atoms in total. The first kappa shape index (κ1) is 20.0. The summed E-state index contributed by atoms with van der Waals surface area (Å²) in [4.78, 5) is 17.9. The first-order valence-electron chi connectivity index (χ1n) is 9.99. The molecule has 0 bridgehead atoms. The maximum Gasteiger partial charge on any atom is 0.271 e. The molecule has 6 heteroatoms. The number of non-ortho nitro benzene ring substituents is 1. The Hall–Kier alpha value is -2.73. The lowest BCUT2D eigenvalue weighted by molar-refractivity contribution is -0.384. The number of nitrogens with zero attached hydrogens (tertiary/aromatic N) is 4. The maximum absolute atomic E-state index is 11.1. The number of likely N-dealkylation sites (N-methyl/N-ethyl adjacent to an activating group) is 1. The predicted octanol–water partition coefficient (Wildman–Crippen LogP) is 4.44. The lowest BCUT2D eigenvalue weighted by Crippen LogP contribution is -2.27. The summed E-state index contributed by atoms with van der Waals surface area (Å²) in [5.41, 5.74) is 4.24. The molecule has 0 aliphatic heterocycles. The highest BCUT2D eigenvalue weighted by Gasteiger charge is 2.15. The number of imidazole rings is 1. The number of nitro benzene ring substituents is 1. The molecule has 0 radical (unpaired) electrons. The van der Waals surface area contributed by atoms with Crippen LogP contribution in [-0.4, -0.2) is 39.0 Å². The van der Waals surface area contributed by atoms with Crippen LogP contribution in [0, 0.1) is 10.1 Å². The Morgan fingerprint density at radius 2 is 1.71 bits per heavy atom. The van der Waals surface area contributed by atoms with E-state index in [2.05, 4.69) is 54.5 Å². The van der Waals surface area contributed by atoms with Crippen LogP contribution in [0.2, 0.25) is 0 Å². The van der Waals surface area contributed by atoms with Gasteiger partial charge in [0, 0.05) is 31.6 Å². The highest BCUT2D eigenvalue weighted by atomic mass is 16.6. The molecule has 0 atom stereocenters. The minimum Gasteiger partial charge on any atom is -0.326 e. The van der Waals surface area contributed by atoms with Crippen molar-refractivity contribution in [3.8, 4) is 0 Å². The van der Waals surface area contributed by atoms with Crippen LogP contribution in [0.15, 0.2) is 42.5 Å². The fourth-order valence-corrected chi connectivity index (χ4v) is 3.52. The standard InChI is InChI=1S/C22H28N4O2/c1-4-17-7-9-18(10-8-17)15-22-23-20-16-19(26(27)28)11-12-21(20)25(22)14-13-24(5-2)6-3/h7-12,16H,4-6,13-15H2,1-3H3. The fourth-order valence-electron chi connectivity index (χ4n) is 3.52. The number of aryl methyl sites for hydroxylation is 1. The average Bonchev–Trinajstić information content (AvgIpc) is 3.05. The molecule has 0 spiro atoms. The van der Waals surface area contributed by atoms with Gasteiger partial charge >= 0.3 is 0 Å². The third-order valence-corrected chi connectivity index (χ3v) is 5.35. The van der Waals surface area contributed by atoms with Gasteiger partial charge in [-0.25, -0.2) is 4.98 Å². The van der Waals surface area contributed by atoms with Crippen molar-refractivity contribution in [1.29, 1.82) is 0 Å². The van der Waals surface area contributed by atoms with E-state index in [4.69, 9.17) is 4.98 Å². The number of nitro groups is 1. The second-order valence-electron chi connectivity index (χ2n) is 6.98. The molecule has 3 aromatic rings. The summed E-state index contributed by atoms with van der Waals surface area (Å²) in [6.07, 6.45) is 1.73. The molecule has 0 aliphatic carbocycles. The van der Waals surface area contributed by atoms with E-state index in [9.17, 15) is 10.1 Å². The lowest BCUT2D eigenvalue weighted by Gasteiger charge is -2.19. The second kappa shape index (κ2) is 8.97. The Kier molecular flexibility index (Phi) is 6.41. The molecule has 148 valence electrons. The van der Waals surface area contributed by atoms with Crippen molar-refractivity contribution in [3.05, 3.63) is 69.5 Å². The monoisotopic (exact) mass is 380 g/mol. The summed E-state index contributed by atoms with van der Waals surface area (Å²) in [6.45, 7) is 10.2. The van der Waals surface area contributed by atoms with Gasteiger partial charge in [-0.15, -0.1) is 0 Å². The smallest absolute Gasteiger partial charge is 0.271 e. The third kappa shape index (κ3) is 4.39.